The predicted octanol–water partition coefficient (Wildman–Crippen LogP) is 4.33. The smallest absolute Gasteiger partial charge is 0.219 e. The Morgan fingerprint density at radius 3 is 2.65 bits per heavy atom. The normalized spacial score (nSPS) is 10.5. The van der Waals surface area contributed by atoms with Gasteiger partial charge >= 0.3 is 0 Å². The number of halogens is 3. The molecule has 0 aliphatic rings. The van der Waals surface area contributed by atoms with E-state index in [0.29, 0.717) is 39.0 Å². The van der Waals surface area contributed by atoms with Gasteiger partial charge in [-0.2, -0.15) is 0 Å². The van der Waals surface area contributed by atoms with E-state index in [1.165, 1.54) is 6.33 Å². The molecule has 0 saturated carbocycles. The van der Waals surface area contributed by atoms with Crippen molar-refractivity contribution >= 4 is 53.4 Å². The molecule has 5 nitrogen and oxygen atoms in total. The van der Waals surface area contributed by atoms with Crippen LogP contribution in [0.2, 0.25) is 15.1 Å². The van der Waals surface area contributed by atoms with Crippen molar-refractivity contribution < 1.29 is 4.74 Å². The maximum Gasteiger partial charge on any atom is 0.219 e. The molecule has 2 aromatic heterocycles. The van der Waals surface area contributed by atoms with Crippen molar-refractivity contribution in [2.24, 2.45) is 0 Å². The zero-order valence-corrected chi connectivity index (χ0v) is 16.0. The summed E-state index contributed by atoms with van der Waals surface area (Å²) >= 11 is 18.1. The van der Waals surface area contributed by atoms with Gasteiger partial charge in [-0.25, -0.2) is 15.0 Å². The minimum absolute atomic E-state index is 0.427. The van der Waals surface area contributed by atoms with Crippen LogP contribution in [-0.2, 0) is 0 Å². The first-order valence-electron chi connectivity index (χ1n) is 7.66. The van der Waals surface area contributed by atoms with Gasteiger partial charge in [0.25, 0.3) is 0 Å². The second kappa shape index (κ2) is 8.58. The van der Waals surface area contributed by atoms with Crippen LogP contribution in [0.25, 0.3) is 0 Å². The molecule has 9 heteroatoms. The summed E-state index contributed by atoms with van der Waals surface area (Å²) in [7, 11) is 1.96. The summed E-state index contributed by atoms with van der Waals surface area (Å²) in [4.78, 5) is 12.4. The van der Waals surface area contributed by atoms with Crippen molar-refractivity contribution in [3.8, 4) is 11.6 Å². The Morgan fingerprint density at radius 1 is 1.08 bits per heavy atom. The molecular weight excluding hydrogens is 393 g/mol. The number of ether oxygens (including phenoxy) is 1. The summed E-state index contributed by atoms with van der Waals surface area (Å²) in [5, 5.41) is 4.63. The highest BCUT2D eigenvalue weighted by atomic mass is 35.5. The van der Waals surface area contributed by atoms with Crippen molar-refractivity contribution in [1.29, 1.82) is 0 Å². The van der Waals surface area contributed by atoms with E-state index >= 15 is 0 Å². The standard InChI is InChI=1S/C17H13BCl3N4O/c1-10-16(21)17(25-9-24-10)23-8-18-11-2-5-15(22-7-11)26-14-4-3-12(19)6-13(14)20/h2-7,9H,8H2,1H3,(H,23,24,25). The molecule has 0 saturated heterocycles. The molecule has 26 heavy (non-hydrogen) atoms. The Hall–Kier alpha value is -2.02. The molecule has 0 amide bonds. The van der Waals surface area contributed by atoms with E-state index < -0.39 is 0 Å². The zero-order chi connectivity index (χ0) is 18.5. The van der Waals surface area contributed by atoms with Gasteiger partial charge in [0.05, 0.1) is 10.7 Å². The predicted molar refractivity (Wildman–Crippen MR) is 106 cm³/mol. The van der Waals surface area contributed by atoms with Crippen LogP contribution in [0, 0.1) is 6.92 Å². The second-order valence-corrected chi connectivity index (χ2v) is 6.53. The molecular formula is C17H13BCl3N4O. The fourth-order valence-corrected chi connectivity index (χ4v) is 2.70. The summed E-state index contributed by atoms with van der Waals surface area (Å²) < 4.78 is 5.66. The van der Waals surface area contributed by atoms with Crippen LogP contribution in [0.3, 0.4) is 0 Å². The van der Waals surface area contributed by atoms with Gasteiger partial charge in [-0.05, 0) is 31.6 Å². The molecule has 0 fully saturated rings. The van der Waals surface area contributed by atoms with Gasteiger partial charge in [0.1, 0.15) is 22.9 Å². The Bertz CT molecular complexity index is 909. The summed E-state index contributed by atoms with van der Waals surface area (Å²) in [6, 6.07) is 8.67. The van der Waals surface area contributed by atoms with Gasteiger partial charge in [-0.1, -0.05) is 46.3 Å². The van der Waals surface area contributed by atoms with E-state index in [2.05, 4.69) is 20.3 Å². The van der Waals surface area contributed by atoms with Gasteiger partial charge in [0, 0.05) is 17.3 Å². The number of hydrogen-bond acceptors (Lipinski definition) is 5. The number of anilines is 1. The summed E-state index contributed by atoms with van der Waals surface area (Å²) in [5.41, 5.74) is 1.65. The Balaban J connectivity index is 1.57. The SMILES string of the molecule is Cc1ncnc(NC[B]c2ccc(Oc3ccc(Cl)cc3Cl)nc2)c1Cl. The molecule has 2 heterocycles. The lowest BCUT2D eigenvalue weighted by molar-refractivity contribution is 0.463. The van der Waals surface area contributed by atoms with Crippen LogP contribution in [0.5, 0.6) is 11.6 Å². The van der Waals surface area contributed by atoms with E-state index in [0.717, 1.165) is 11.2 Å². The third kappa shape index (κ3) is 4.78. The van der Waals surface area contributed by atoms with Crippen molar-refractivity contribution in [2.75, 3.05) is 11.8 Å². The van der Waals surface area contributed by atoms with E-state index in [9.17, 15) is 0 Å². The van der Waals surface area contributed by atoms with Gasteiger partial charge < -0.3 is 10.1 Å². The Morgan fingerprint density at radius 2 is 1.92 bits per heavy atom. The van der Waals surface area contributed by atoms with Crippen molar-refractivity contribution in [3.05, 3.63) is 63.6 Å². The third-order valence-electron chi connectivity index (χ3n) is 3.44. The Kier molecular flexibility index (Phi) is 6.19. The van der Waals surface area contributed by atoms with Crippen molar-refractivity contribution in [2.45, 2.75) is 6.92 Å². The molecule has 3 aromatic rings. The summed E-state index contributed by atoms with van der Waals surface area (Å²) in [6.45, 7) is 1.83. The van der Waals surface area contributed by atoms with E-state index in [1.807, 2.05) is 20.3 Å². The molecule has 0 unspecified atom stereocenters. The molecule has 3 rings (SSSR count). The number of nitrogens with zero attached hydrogens (tertiary/aromatic N) is 3. The lowest BCUT2D eigenvalue weighted by Crippen LogP contribution is -2.23. The average molecular weight is 406 g/mol. The highest BCUT2D eigenvalue weighted by Crippen LogP contribution is 2.30. The number of hydrogen-bond donors (Lipinski definition) is 1. The van der Waals surface area contributed by atoms with E-state index in [-0.39, 0.29) is 0 Å². The first-order valence-corrected chi connectivity index (χ1v) is 8.79. The molecule has 1 N–H and O–H groups in total. The minimum atomic E-state index is 0.427. The van der Waals surface area contributed by atoms with Crippen LogP contribution in [0.1, 0.15) is 5.69 Å². The lowest BCUT2D eigenvalue weighted by atomic mass is 9.71. The lowest BCUT2D eigenvalue weighted by Gasteiger charge is -2.09. The first kappa shape index (κ1) is 18.8. The van der Waals surface area contributed by atoms with Gasteiger partial charge in [-0.3, -0.25) is 0 Å². The fraction of sp³-hybridized carbons (Fsp3) is 0.118. The molecule has 0 aliphatic heterocycles. The number of aryl methyl sites for hydroxylation is 1. The number of nitrogens with one attached hydrogen (secondary N) is 1. The van der Waals surface area contributed by atoms with Crippen molar-refractivity contribution in [3.63, 3.8) is 0 Å². The average Bonchev–Trinajstić information content (AvgIpc) is 2.62. The minimum Gasteiger partial charge on any atom is -0.437 e. The fourth-order valence-electron chi connectivity index (χ4n) is 2.09. The molecule has 1 aromatic carbocycles. The van der Waals surface area contributed by atoms with E-state index in [4.69, 9.17) is 39.5 Å². The molecule has 0 atom stereocenters. The third-order valence-corrected chi connectivity index (χ3v) is 4.42. The quantitative estimate of drug-likeness (QED) is 0.618. The highest BCUT2D eigenvalue weighted by molar-refractivity contribution is 6.54. The molecule has 131 valence electrons. The first-order chi connectivity index (χ1) is 12.5. The van der Waals surface area contributed by atoms with Crippen LogP contribution in [-0.4, -0.2) is 28.7 Å². The van der Waals surface area contributed by atoms with E-state index in [1.54, 1.807) is 30.5 Å². The highest BCUT2D eigenvalue weighted by Gasteiger charge is 2.07. The zero-order valence-electron chi connectivity index (χ0n) is 13.7. The maximum absolute atomic E-state index is 6.15. The van der Waals surface area contributed by atoms with Gasteiger partial charge in [0.2, 0.25) is 5.88 Å². The molecule has 0 spiro atoms. The van der Waals surface area contributed by atoms with Crippen LogP contribution < -0.4 is 15.5 Å². The van der Waals surface area contributed by atoms with Crippen molar-refractivity contribution in [1.82, 2.24) is 15.0 Å². The van der Waals surface area contributed by atoms with Crippen LogP contribution in [0.4, 0.5) is 5.82 Å². The van der Waals surface area contributed by atoms with Gasteiger partial charge in [0.15, 0.2) is 7.28 Å². The number of benzene rings is 1. The summed E-state index contributed by atoms with van der Waals surface area (Å²) in [6.07, 6.45) is 3.72. The monoisotopic (exact) mass is 405 g/mol. The largest absolute Gasteiger partial charge is 0.437 e. The number of rotatable bonds is 6. The van der Waals surface area contributed by atoms with Crippen LogP contribution in [0.15, 0.2) is 42.9 Å². The Labute approximate surface area is 166 Å². The second-order valence-electron chi connectivity index (χ2n) is 5.31. The van der Waals surface area contributed by atoms with Gasteiger partial charge in [-0.15, -0.1) is 0 Å². The number of aromatic nitrogens is 3. The maximum atomic E-state index is 6.15. The molecule has 1 radical (unpaired) electrons. The van der Waals surface area contributed by atoms with Crippen LogP contribution >= 0.6 is 34.8 Å². The number of pyridine rings is 1. The summed E-state index contributed by atoms with van der Waals surface area (Å²) in [5.74, 6) is 1.53. The topological polar surface area (TPSA) is 59.9 Å². The molecule has 0 bridgehead atoms. The molecule has 0 aliphatic carbocycles.